The molecule has 2 saturated heterocycles. The number of hydrogen-bond acceptors (Lipinski definition) is 3. The van der Waals surface area contributed by atoms with Crippen molar-refractivity contribution in [3.63, 3.8) is 0 Å². The fraction of sp³-hybridized carbons (Fsp3) is 0.514. The molecule has 6 heteroatoms. The number of hydrogen-bond donors (Lipinski definition) is 0. The van der Waals surface area contributed by atoms with Gasteiger partial charge in [-0.15, -0.1) is 6.58 Å². The Hall–Kier alpha value is -2.89. The maximum atomic E-state index is 13.3. The average Bonchev–Trinajstić information content (AvgIpc) is 3.43. The zero-order valence-corrected chi connectivity index (χ0v) is 27.2. The molecule has 43 heavy (non-hydrogen) atoms. The largest absolute Gasteiger partial charge is 0.375 e. The monoisotopic (exact) mass is 606 g/mol. The number of urea groups is 1. The summed E-state index contributed by atoms with van der Waals surface area (Å²) < 4.78 is 6.16. The number of amides is 2. The third-order valence-corrected chi connectivity index (χ3v) is 8.90. The number of benzene rings is 1. The van der Waals surface area contributed by atoms with Crippen molar-refractivity contribution < 1.29 is 14.3 Å². The predicted octanol–water partition coefficient (Wildman–Crippen LogP) is 9.03. The molecule has 0 aromatic heterocycles. The lowest BCUT2D eigenvalue weighted by Crippen LogP contribution is -2.44. The molecule has 0 bridgehead atoms. The maximum absolute atomic E-state index is 13.3. The number of piperidine rings is 1. The summed E-state index contributed by atoms with van der Waals surface area (Å²) in [5.41, 5.74) is 5.17. The number of carbonyl (C=O) groups excluding carboxylic acids is 2. The Morgan fingerprint density at radius 3 is 2.47 bits per heavy atom. The first-order chi connectivity index (χ1) is 20.6. The number of halogens is 1. The number of aryl methyl sites for hydroxylation is 1. The highest BCUT2D eigenvalue weighted by molar-refractivity contribution is 6.30. The van der Waals surface area contributed by atoms with Gasteiger partial charge in [-0.1, -0.05) is 56.0 Å². The predicted molar refractivity (Wildman–Crippen MR) is 179 cm³/mol. The summed E-state index contributed by atoms with van der Waals surface area (Å²) in [6.07, 6.45) is 16.6. The molecule has 2 unspecified atom stereocenters. The molecular formula is C37H51ClN2O3. The molecule has 2 amide bonds. The molecule has 0 radical (unpaired) electrons. The summed E-state index contributed by atoms with van der Waals surface area (Å²) in [6, 6.07) is 6.25. The number of carbonyl (C=O) groups is 2. The molecule has 1 aromatic carbocycles. The van der Waals surface area contributed by atoms with Crippen molar-refractivity contribution in [1.29, 1.82) is 0 Å². The highest BCUT2D eigenvalue weighted by atomic mass is 35.5. The average molecular weight is 607 g/mol. The molecule has 2 aliphatic rings. The quantitative estimate of drug-likeness (QED) is 0.139. The molecule has 0 N–H and O–H groups in total. The van der Waals surface area contributed by atoms with E-state index in [0.717, 1.165) is 82.3 Å². The Morgan fingerprint density at radius 2 is 1.81 bits per heavy atom. The summed E-state index contributed by atoms with van der Waals surface area (Å²) in [5, 5.41) is 0.775. The molecule has 0 saturated carbocycles. The van der Waals surface area contributed by atoms with Crippen molar-refractivity contribution in [3.05, 3.63) is 95.7 Å². The van der Waals surface area contributed by atoms with E-state index >= 15 is 0 Å². The number of likely N-dealkylation sites (tertiary alicyclic amines) is 1. The molecular weight excluding hydrogens is 556 g/mol. The first-order valence-corrected chi connectivity index (χ1v) is 16.3. The van der Waals surface area contributed by atoms with E-state index in [-0.39, 0.29) is 18.2 Å². The van der Waals surface area contributed by atoms with E-state index in [0.29, 0.717) is 35.8 Å². The molecule has 5 nitrogen and oxygen atoms in total. The van der Waals surface area contributed by atoms with Gasteiger partial charge < -0.3 is 9.64 Å². The van der Waals surface area contributed by atoms with Crippen LogP contribution in [0.25, 0.3) is 0 Å². The number of nitrogens with zero attached hydrogens (tertiary/aromatic N) is 2. The normalized spacial score (nSPS) is 19.0. The summed E-state index contributed by atoms with van der Waals surface area (Å²) in [7, 11) is 0. The maximum Gasteiger partial charge on any atom is 0.324 e. The van der Waals surface area contributed by atoms with Crippen molar-refractivity contribution in [1.82, 2.24) is 9.80 Å². The molecule has 0 spiro atoms. The lowest BCUT2D eigenvalue weighted by Gasteiger charge is -2.34. The third-order valence-electron chi connectivity index (χ3n) is 8.66. The highest BCUT2D eigenvalue weighted by Crippen LogP contribution is 2.29. The highest BCUT2D eigenvalue weighted by Gasteiger charge is 2.26. The number of rotatable bonds is 16. The van der Waals surface area contributed by atoms with Crippen LogP contribution in [-0.2, 0) is 22.4 Å². The van der Waals surface area contributed by atoms with Gasteiger partial charge in [-0.05, 0) is 118 Å². The minimum Gasteiger partial charge on any atom is -0.375 e. The number of allylic oxidation sites excluding steroid dienone is 3. The van der Waals surface area contributed by atoms with Crippen LogP contribution in [0.2, 0.25) is 5.02 Å². The van der Waals surface area contributed by atoms with E-state index in [4.69, 9.17) is 16.3 Å². The van der Waals surface area contributed by atoms with Crippen LogP contribution in [-0.4, -0.2) is 53.5 Å². The van der Waals surface area contributed by atoms with Gasteiger partial charge in [0.1, 0.15) is 5.78 Å². The second kappa shape index (κ2) is 17.4. The van der Waals surface area contributed by atoms with Gasteiger partial charge in [-0.3, -0.25) is 9.69 Å². The van der Waals surface area contributed by atoms with Crippen LogP contribution in [0, 0.1) is 5.92 Å². The summed E-state index contributed by atoms with van der Waals surface area (Å²) in [4.78, 5) is 28.2. The van der Waals surface area contributed by atoms with Gasteiger partial charge in [0.25, 0.3) is 0 Å². The smallest absolute Gasteiger partial charge is 0.324 e. The SMILES string of the molecule is C=CCN(/C=C\C(=C)C(=C)CC(C)=O)C(=O)N1CCC(CCCc2ccc(Cl)cc2CC(=C)CC2CCC(CC)O2)CC1. The van der Waals surface area contributed by atoms with Crippen LogP contribution in [0.3, 0.4) is 0 Å². The second-order valence-corrected chi connectivity index (χ2v) is 12.7. The van der Waals surface area contributed by atoms with E-state index in [1.54, 1.807) is 23.3 Å². The van der Waals surface area contributed by atoms with Crippen LogP contribution in [0.5, 0.6) is 0 Å². The molecule has 2 heterocycles. The Labute approximate surface area is 265 Å². The van der Waals surface area contributed by atoms with Crippen LogP contribution < -0.4 is 0 Å². The zero-order valence-electron chi connectivity index (χ0n) is 26.4. The molecule has 1 aromatic rings. The van der Waals surface area contributed by atoms with Crippen LogP contribution in [0.4, 0.5) is 4.79 Å². The molecule has 234 valence electrons. The first-order valence-electron chi connectivity index (χ1n) is 15.9. The van der Waals surface area contributed by atoms with Crippen molar-refractivity contribution in [2.45, 2.75) is 96.7 Å². The first kappa shape index (κ1) is 34.6. The lowest BCUT2D eigenvalue weighted by atomic mass is 9.89. The third kappa shape index (κ3) is 11.3. The standard InChI is InChI=1S/C37H51ClN2O3/c1-7-19-39(20-16-28(4)29(5)25-30(6)41)37(42)40-21-17-31(18-22-40)10-9-11-32-12-13-34(38)26-33(32)23-27(3)24-36-15-14-35(8-2)43-36/h7,12-13,16,20,26,31,35-36H,1,3-5,8-11,14-15,17-19,21-25H2,2,6H3/b20-16-. The van der Waals surface area contributed by atoms with E-state index in [9.17, 15) is 9.59 Å². The molecule has 2 atom stereocenters. The van der Waals surface area contributed by atoms with Crippen LogP contribution >= 0.6 is 11.6 Å². The van der Waals surface area contributed by atoms with E-state index in [1.807, 2.05) is 11.0 Å². The fourth-order valence-corrected chi connectivity index (χ4v) is 6.32. The van der Waals surface area contributed by atoms with Crippen molar-refractivity contribution in [2.24, 2.45) is 5.92 Å². The van der Waals surface area contributed by atoms with Gasteiger partial charge in [0.15, 0.2) is 0 Å². The van der Waals surface area contributed by atoms with Crippen molar-refractivity contribution >= 4 is 23.4 Å². The molecule has 3 rings (SSSR count). The Kier molecular flexibility index (Phi) is 14.0. The Morgan fingerprint density at radius 1 is 1.09 bits per heavy atom. The van der Waals surface area contributed by atoms with Gasteiger partial charge in [0.2, 0.25) is 0 Å². The van der Waals surface area contributed by atoms with Crippen molar-refractivity contribution in [2.75, 3.05) is 19.6 Å². The number of ether oxygens (including phenoxy) is 1. The Balaban J connectivity index is 1.46. The van der Waals surface area contributed by atoms with Crippen LogP contribution in [0.1, 0.15) is 82.8 Å². The topological polar surface area (TPSA) is 49.9 Å². The summed E-state index contributed by atoms with van der Waals surface area (Å²) in [5.74, 6) is 0.648. The van der Waals surface area contributed by atoms with E-state index in [1.165, 1.54) is 23.6 Å². The van der Waals surface area contributed by atoms with Crippen LogP contribution in [0.15, 0.2) is 79.6 Å². The van der Waals surface area contributed by atoms with E-state index < -0.39 is 0 Å². The van der Waals surface area contributed by atoms with Gasteiger partial charge in [-0.2, -0.15) is 0 Å². The number of ketones is 1. The second-order valence-electron chi connectivity index (χ2n) is 12.3. The van der Waals surface area contributed by atoms with Gasteiger partial charge in [-0.25, -0.2) is 4.79 Å². The van der Waals surface area contributed by atoms with Gasteiger partial charge in [0.05, 0.1) is 12.2 Å². The fourth-order valence-electron chi connectivity index (χ4n) is 6.13. The Bertz CT molecular complexity index is 1190. The zero-order chi connectivity index (χ0) is 31.4. The minimum absolute atomic E-state index is 0.0289. The lowest BCUT2D eigenvalue weighted by molar-refractivity contribution is -0.116. The molecule has 2 aliphatic heterocycles. The molecule has 0 aliphatic carbocycles. The van der Waals surface area contributed by atoms with E-state index in [2.05, 4.69) is 45.4 Å². The minimum atomic E-state index is -0.0289. The number of Topliss-reactive ketones (excluding diaryl/α,β-unsaturated/α-hetero) is 1. The van der Waals surface area contributed by atoms with Gasteiger partial charge in [0, 0.05) is 37.3 Å². The summed E-state index contributed by atoms with van der Waals surface area (Å²) in [6.45, 7) is 21.7. The summed E-state index contributed by atoms with van der Waals surface area (Å²) >= 11 is 6.39. The van der Waals surface area contributed by atoms with Crippen molar-refractivity contribution in [3.8, 4) is 0 Å². The van der Waals surface area contributed by atoms with Gasteiger partial charge >= 0.3 is 6.03 Å². The molecule has 2 fully saturated rings.